The van der Waals surface area contributed by atoms with E-state index in [0.29, 0.717) is 12.1 Å². The van der Waals surface area contributed by atoms with Gasteiger partial charge in [-0.1, -0.05) is 0 Å². The fourth-order valence-corrected chi connectivity index (χ4v) is 4.59. The highest BCUT2D eigenvalue weighted by Gasteiger charge is 2.77. The molecular weight excluding hydrogens is 453 g/mol. The standard InChI is InChI=1S/C18H21F3N6O6/c19-18(20,21)8-3-1-7(2-4-8)13(30)33-12-10(6-29)27-15(23)24-9(5-28)11-16(27,17(12,31)32)26-14(22)25-11/h1-4,9-12,28-29,31-32H,5-6H2,(H2,23,24)(H3,22,25,26)/t9-,10?,11?,12-,16?/m0/s1. The van der Waals surface area contributed by atoms with Crippen molar-refractivity contribution in [1.82, 2.24) is 10.2 Å². The maximum Gasteiger partial charge on any atom is 0.416 e. The first-order valence-electron chi connectivity index (χ1n) is 9.67. The smallest absolute Gasteiger partial charge is 0.416 e. The number of benzene rings is 1. The number of aliphatic imine (C=N–C) groups is 2. The molecular formula is C18H21F3N6O6. The van der Waals surface area contributed by atoms with E-state index < -0.39 is 66.6 Å². The van der Waals surface area contributed by atoms with Crippen LogP contribution in [0.1, 0.15) is 15.9 Å². The zero-order chi connectivity index (χ0) is 24.3. The minimum Gasteiger partial charge on any atom is -0.451 e. The van der Waals surface area contributed by atoms with Crippen molar-refractivity contribution >= 4 is 17.9 Å². The summed E-state index contributed by atoms with van der Waals surface area (Å²) in [5.41, 5.74) is 8.38. The van der Waals surface area contributed by atoms with Gasteiger partial charge in [-0.15, -0.1) is 0 Å². The molecule has 0 bridgehead atoms. The van der Waals surface area contributed by atoms with Gasteiger partial charge in [0.15, 0.2) is 23.7 Å². The van der Waals surface area contributed by atoms with Gasteiger partial charge in [-0.05, 0) is 24.3 Å². The van der Waals surface area contributed by atoms with Gasteiger partial charge in [-0.3, -0.25) is 0 Å². The molecule has 33 heavy (non-hydrogen) atoms. The van der Waals surface area contributed by atoms with Gasteiger partial charge in [-0.2, -0.15) is 13.2 Å². The number of carbonyl (C=O) groups excluding carboxylic acids is 1. The summed E-state index contributed by atoms with van der Waals surface area (Å²) in [6.45, 7) is -1.39. The highest BCUT2D eigenvalue weighted by atomic mass is 19.4. The van der Waals surface area contributed by atoms with Crippen LogP contribution in [0.15, 0.2) is 34.3 Å². The number of guanidine groups is 2. The molecule has 1 aromatic carbocycles. The lowest BCUT2D eigenvalue weighted by molar-refractivity contribution is -0.258. The molecule has 3 aliphatic heterocycles. The lowest BCUT2D eigenvalue weighted by atomic mass is 9.86. The summed E-state index contributed by atoms with van der Waals surface area (Å²) >= 11 is 0. The van der Waals surface area contributed by atoms with Crippen LogP contribution in [0.5, 0.6) is 0 Å². The van der Waals surface area contributed by atoms with Crippen molar-refractivity contribution in [2.45, 2.75) is 41.9 Å². The van der Waals surface area contributed by atoms with E-state index >= 15 is 0 Å². The minimum atomic E-state index is -4.62. The first-order valence-corrected chi connectivity index (χ1v) is 9.67. The minimum absolute atomic E-state index is 0.243. The molecule has 5 atom stereocenters. The number of hydrogen-bond acceptors (Lipinski definition) is 12. The van der Waals surface area contributed by atoms with Crippen LogP contribution in [0.2, 0.25) is 0 Å². The van der Waals surface area contributed by atoms with E-state index in [2.05, 4.69) is 15.3 Å². The largest absolute Gasteiger partial charge is 0.451 e. The van der Waals surface area contributed by atoms with Gasteiger partial charge < -0.3 is 46.8 Å². The Balaban J connectivity index is 1.70. The van der Waals surface area contributed by atoms with Crippen molar-refractivity contribution in [2.24, 2.45) is 21.5 Å². The number of ether oxygens (including phenoxy) is 1. The van der Waals surface area contributed by atoms with E-state index in [0.717, 1.165) is 17.0 Å². The second-order valence-corrected chi connectivity index (χ2v) is 7.83. The molecule has 12 nitrogen and oxygen atoms in total. The Kier molecular flexibility index (Phi) is 5.19. The van der Waals surface area contributed by atoms with Crippen LogP contribution < -0.4 is 16.8 Å². The molecule has 4 rings (SSSR count). The Bertz CT molecular complexity index is 1020. The van der Waals surface area contributed by atoms with Gasteiger partial charge in [-0.25, -0.2) is 14.8 Å². The van der Waals surface area contributed by atoms with Gasteiger partial charge in [0.25, 0.3) is 0 Å². The Hall–Kier alpha value is -3.14. The molecule has 3 aliphatic rings. The van der Waals surface area contributed by atoms with E-state index in [1.165, 1.54) is 0 Å². The number of carbonyl (C=O) groups is 1. The number of esters is 1. The van der Waals surface area contributed by atoms with E-state index in [1.54, 1.807) is 0 Å². The van der Waals surface area contributed by atoms with Crippen LogP contribution >= 0.6 is 0 Å². The third-order valence-corrected chi connectivity index (χ3v) is 6.01. The van der Waals surface area contributed by atoms with Crippen molar-refractivity contribution in [3.05, 3.63) is 35.4 Å². The van der Waals surface area contributed by atoms with Crippen molar-refractivity contribution in [2.75, 3.05) is 13.2 Å². The fourth-order valence-electron chi connectivity index (χ4n) is 4.59. The predicted molar refractivity (Wildman–Crippen MR) is 104 cm³/mol. The van der Waals surface area contributed by atoms with E-state index in [-0.39, 0.29) is 17.5 Å². The second kappa shape index (κ2) is 7.44. The zero-order valence-electron chi connectivity index (χ0n) is 16.8. The number of alkyl halides is 3. The van der Waals surface area contributed by atoms with Gasteiger partial charge in [0.1, 0.15) is 18.1 Å². The summed E-state index contributed by atoms with van der Waals surface area (Å²) in [5.74, 6) is -4.74. The zero-order valence-corrected chi connectivity index (χ0v) is 16.8. The Morgan fingerprint density at radius 1 is 1.15 bits per heavy atom. The predicted octanol–water partition coefficient (Wildman–Crippen LogP) is -2.74. The Labute approximate surface area is 184 Å². The highest BCUT2D eigenvalue weighted by molar-refractivity contribution is 5.90. The van der Waals surface area contributed by atoms with Gasteiger partial charge in [0.05, 0.1) is 24.3 Å². The topological polar surface area (TPSA) is 199 Å². The maximum absolute atomic E-state index is 12.8. The summed E-state index contributed by atoms with van der Waals surface area (Å²) in [4.78, 5) is 21.9. The van der Waals surface area contributed by atoms with E-state index in [4.69, 9.17) is 16.2 Å². The number of aliphatic hydroxyl groups is 4. The lowest BCUT2D eigenvalue weighted by Gasteiger charge is -2.48. The second-order valence-electron chi connectivity index (χ2n) is 7.83. The first kappa shape index (κ1) is 23.0. The third kappa shape index (κ3) is 3.18. The summed E-state index contributed by atoms with van der Waals surface area (Å²) < 4.78 is 43.6. The number of rotatable bonds is 4. The normalized spacial score (nSPS) is 32.4. The summed E-state index contributed by atoms with van der Waals surface area (Å²) in [7, 11) is 0. The quantitative estimate of drug-likeness (QED) is 0.177. The van der Waals surface area contributed by atoms with E-state index in [9.17, 15) is 38.4 Å². The molecule has 15 heteroatoms. The van der Waals surface area contributed by atoms with Gasteiger partial charge in [0.2, 0.25) is 5.79 Å². The summed E-state index contributed by atoms with van der Waals surface area (Å²) in [6.07, 6.45) is -6.49. The van der Waals surface area contributed by atoms with Crippen LogP contribution in [0.3, 0.4) is 0 Å². The monoisotopic (exact) mass is 474 g/mol. The fraction of sp³-hybridized carbons (Fsp3) is 0.500. The molecule has 1 saturated heterocycles. The molecule has 1 fully saturated rings. The van der Waals surface area contributed by atoms with Crippen LogP contribution in [0.25, 0.3) is 0 Å². The summed E-state index contributed by atoms with van der Waals surface area (Å²) in [5, 5.41) is 44.7. The Morgan fingerprint density at radius 2 is 1.79 bits per heavy atom. The molecule has 180 valence electrons. The third-order valence-electron chi connectivity index (χ3n) is 6.01. The van der Waals surface area contributed by atoms with Gasteiger partial charge >= 0.3 is 12.1 Å². The van der Waals surface area contributed by atoms with Crippen molar-refractivity contribution in [3.63, 3.8) is 0 Å². The van der Waals surface area contributed by atoms with Crippen LogP contribution in [0, 0.1) is 0 Å². The average molecular weight is 474 g/mol. The lowest BCUT2D eigenvalue weighted by Crippen LogP contribution is -2.78. The molecule has 0 aromatic heterocycles. The molecule has 3 unspecified atom stereocenters. The average Bonchev–Trinajstić information content (AvgIpc) is 3.20. The molecule has 9 N–H and O–H groups in total. The number of nitrogens with one attached hydrogen (secondary N) is 1. The molecule has 3 heterocycles. The van der Waals surface area contributed by atoms with Crippen LogP contribution in [-0.4, -0.2) is 92.1 Å². The van der Waals surface area contributed by atoms with E-state index in [1.807, 2.05) is 0 Å². The molecule has 0 aliphatic carbocycles. The van der Waals surface area contributed by atoms with Crippen molar-refractivity contribution in [1.29, 1.82) is 0 Å². The summed E-state index contributed by atoms with van der Waals surface area (Å²) in [6, 6.07) is -0.538. The van der Waals surface area contributed by atoms with Crippen LogP contribution in [0.4, 0.5) is 13.2 Å². The number of hydrogen-bond donors (Lipinski definition) is 7. The highest BCUT2D eigenvalue weighted by Crippen LogP contribution is 2.48. The van der Waals surface area contributed by atoms with Gasteiger partial charge in [0, 0.05) is 0 Å². The number of aliphatic hydroxyl groups excluding tert-OH is 2. The number of nitrogens with zero attached hydrogens (tertiary/aromatic N) is 3. The molecule has 0 amide bonds. The molecule has 0 radical (unpaired) electrons. The molecule has 0 saturated carbocycles. The van der Waals surface area contributed by atoms with Crippen LogP contribution in [-0.2, 0) is 10.9 Å². The maximum atomic E-state index is 12.8. The van der Waals surface area contributed by atoms with Crippen molar-refractivity contribution in [3.8, 4) is 0 Å². The number of nitrogens with two attached hydrogens (primary N) is 2. The first-order chi connectivity index (χ1) is 15.4. The molecule has 1 aromatic rings. The van der Waals surface area contributed by atoms with Crippen molar-refractivity contribution < 1.29 is 43.1 Å². The Morgan fingerprint density at radius 3 is 2.33 bits per heavy atom. The molecule has 1 spiro atoms. The SMILES string of the molecule is NC1=NC2[C@H](CO)N=C(N)N3C(CO)[C@H](OC(=O)c4ccc(C(F)(F)F)cc4)C(O)(O)C23N1. The number of halogens is 3.